The number of piperidine rings is 1. The maximum absolute atomic E-state index is 12.4. The standard InChI is InChI=1S/C18H28N2O3/c1-13(2)23-17-6-4-5-16(11-17)14(3)19-18(22)20-9-7-15(12-21)8-10-20/h4-6,11,13-15,21H,7-10,12H2,1-3H3,(H,19,22). The minimum atomic E-state index is -0.0752. The van der Waals surface area contributed by atoms with E-state index in [1.807, 2.05) is 49.9 Å². The molecular weight excluding hydrogens is 292 g/mol. The third-order valence-electron chi connectivity index (χ3n) is 4.23. The topological polar surface area (TPSA) is 61.8 Å². The van der Waals surface area contributed by atoms with Crippen LogP contribution < -0.4 is 10.1 Å². The fourth-order valence-electron chi connectivity index (χ4n) is 2.81. The lowest BCUT2D eigenvalue weighted by atomic mass is 9.98. The van der Waals surface area contributed by atoms with Crippen LogP contribution in [0.15, 0.2) is 24.3 Å². The molecule has 0 aromatic heterocycles. The van der Waals surface area contributed by atoms with E-state index in [0.29, 0.717) is 19.0 Å². The van der Waals surface area contributed by atoms with Crippen LogP contribution in [-0.4, -0.2) is 41.8 Å². The van der Waals surface area contributed by atoms with Crippen LogP contribution in [0.3, 0.4) is 0 Å². The second-order valence-corrected chi connectivity index (χ2v) is 6.52. The lowest BCUT2D eigenvalue weighted by Crippen LogP contribution is -2.45. The predicted octanol–water partition coefficient (Wildman–Crippen LogP) is 2.95. The third-order valence-corrected chi connectivity index (χ3v) is 4.23. The second kappa shape index (κ2) is 8.20. The summed E-state index contributed by atoms with van der Waals surface area (Å²) >= 11 is 0. The molecule has 1 saturated heterocycles. The molecule has 0 spiro atoms. The third kappa shape index (κ3) is 5.13. The molecule has 2 rings (SSSR count). The maximum atomic E-state index is 12.4. The number of rotatable bonds is 5. The quantitative estimate of drug-likeness (QED) is 0.877. The summed E-state index contributed by atoms with van der Waals surface area (Å²) in [5.74, 6) is 1.16. The highest BCUT2D eigenvalue weighted by Gasteiger charge is 2.23. The predicted molar refractivity (Wildman–Crippen MR) is 90.5 cm³/mol. The van der Waals surface area contributed by atoms with E-state index in [2.05, 4.69) is 5.32 Å². The molecule has 2 N–H and O–H groups in total. The van der Waals surface area contributed by atoms with Crippen molar-refractivity contribution >= 4 is 6.03 Å². The number of hydrogen-bond acceptors (Lipinski definition) is 3. The molecule has 0 bridgehead atoms. The molecule has 5 nitrogen and oxygen atoms in total. The summed E-state index contributed by atoms with van der Waals surface area (Å²) < 4.78 is 5.70. The van der Waals surface area contributed by atoms with Gasteiger partial charge in [-0.3, -0.25) is 0 Å². The smallest absolute Gasteiger partial charge is 0.317 e. The lowest BCUT2D eigenvalue weighted by Gasteiger charge is -2.32. The Morgan fingerprint density at radius 3 is 2.65 bits per heavy atom. The fourth-order valence-corrected chi connectivity index (χ4v) is 2.81. The number of nitrogens with zero attached hydrogens (tertiary/aromatic N) is 1. The average Bonchev–Trinajstić information content (AvgIpc) is 2.54. The van der Waals surface area contributed by atoms with Gasteiger partial charge in [0.05, 0.1) is 12.1 Å². The number of aliphatic hydroxyl groups excluding tert-OH is 1. The van der Waals surface area contributed by atoms with E-state index >= 15 is 0 Å². The Bertz CT molecular complexity index is 511. The number of amides is 2. The van der Waals surface area contributed by atoms with E-state index < -0.39 is 0 Å². The van der Waals surface area contributed by atoms with Crippen LogP contribution in [-0.2, 0) is 0 Å². The molecule has 1 aliphatic rings. The zero-order valence-electron chi connectivity index (χ0n) is 14.3. The number of benzene rings is 1. The number of nitrogens with one attached hydrogen (secondary N) is 1. The molecule has 1 atom stereocenters. The van der Waals surface area contributed by atoms with Crippen LogP contribution in [0.5, 0.6) is 5.75 Å². The molecule has 5 heteroatoms. The Kier molecular flexibility index (Phi) is 6.28. The van der Waals surface area contributed by atoms with Crippen molar-refractivity contribution < 1.29 is 14.6 Å². The Morgan fingerprint density at radius 1 is 1.35 bits per heavy atom. The van der Waals surface area contributed by atoms with Crippen LogP contribution in [0.2, 0.25) is 0 Å². The minimum Gasteiger partial charge on any atom is -0.491 e. The van der Waals surface area contributed by atoms with Crippen molar-refractivity contribution in [1.29, 1.82) is 0 Å². The van der Waals surface area contributed by atoms with Gasteiger partial charge in [-0.25, -0.2) is 4.79 Å². The molecule has 0 aliphatic carbocycles. The number of hydrogen-bond donors (Lipinski definition) is 2. The number of likely N-dealkylation sites (tertiary alicyclic amines) is 1. The van der Waals surface area contributed by atoms with Gasteiger partial charge in [0.2, 0.25) is 0 Å². The largest absolute Gasteiger partial charge is 0.491 e. The van der Waals surface area contributed by atoms with Gasteiger partial charge in [-0.15, -0.1) is 0 Å². The highest BCUT2D eigenvalue weighted by atomic mass is 16.5. The van der Waals surface area contributed by atoms with Crippen LogP contribution in [0.1, 0.15) is 45.2 Å². The minimum absolute atomic E-state index is 0.0379. The van der Waals surface area contributed by atoms with Crippen molar-refractivity contribution in [2.75, 3.05) is 19.7 Å². The monoisotopic (exact) mass is 320 g/mol. The molecule has 1 heterocycles. The van der Waals surface area contributed by atoms with E-state index in [1.165, 1.54) is 0 Å². The van der Waals surface area contributed by atoms with Gasteiger partial charge in [-0.05, 0) is 57.2 Å². The van der Waals surface area contributed by atoms with Crippen LogP contribution in [0.4, 0.5) is 4.79 Å². The molecule has 1 fully saturated rings. The van der Waals surface area contributed by atoms with Crippen molar-refractivity contribution in [1.82, 2.24) is 10.2 Å². The van der Waals surface area contributed by atoms with Gasteiger partial charge in [0.25, 0.3) is 0 Å². The van der Waals surface area contributed by atoms with Gasteiger partial charge in [0.15, 0.2) is 0 Å². The van der Waals surface area contributed by atoms with Gasteiger partial charge in [-0.1, -0.05) is 12.1 Å². The molecule has 1 aliphatic heterocycles. The highest BCUT2D eigenvalue weighted by molar-refractivity contribution is 5.74. The normalized spacial score (nSPS) is 17.2. The van der Waals surface area contributed by atoms with E-state index in [0.717, 1.165) is 24.2 Å². The number of ether oxygens (including phenoxy) is 1. The fraction of sp³-hybridized carbons (Fsp3) is 0.611. The summed E-state index contributed by atoms with van der Waals surface area (Å²) in [4.78, 5) is 14.2. The first-order valence-corrected chi connectivity index (χ1v) is 8.42. The summed E-state index contributed by atoms with van der Waals surface area (Å²) in [5.41, 5.74) is 1.03. The van der Waals surface area contributed by atoms with E-state index in [9.17, 15) is 4.79 Å². The molecule has 128 valence electrons. The molecule has 1 unspecified atom stereocenters. The average molecular weight is 320 g/mol. The summed E-state index contributed by atoms with van der Waals surface area (Å²) in [6, 6.07) is 7.73. The Hall–Kier alpha value is -1.75. The molecule has 2 amide bonds. The van der Waals surface area contributed by atoms with Crippen LogP contribution in [0.25, 0.3) is 0 Å². The summed E-state index contributed by atoms with van der Waals surface area (Å²) in [7, 11) is 0. The van der Waals surface area contributed by atoms with Crippen molar-refractivity contribution in [2.24, 2.45) is 5.92 Å². The van der Waals surface area contributed by atoms with Gasteiger partial charge < -0.3 is 20.1 Å². The Labute approximate surface area is 138 Å². The lowest BCUT2D eigenvalue weighted by molar-refractivity contribution is 0.136. The van der Waals surface area contributed by atoms with Gasteiger partial charge in [0, 0.05) is 19.7 Å². The Balaban J connectivity index is 1.91. The maximum Gasteiger partial charge on any atom is 0.317 e. The summed E-state index contributed by atoms with van der Waals surface area (Å²) in [6.07, 6.45) is 1.87. The number of aliphatic hydroxyl groups is 1. The first kappa shape index (κ1) is 17.6. The Morgan fingerprint density at radius 2 is 2.04 bits per heavy atom. The van der Waals surface area contributed by atoms with Crippen molar-refractivity contribution in [3.8, 4) is 5.75 Å². The van der Waals surface area contributed by atoms with E-state index in [-0.39, 0.29) is 24.8 Å². The SMILES string of the molecule is CC(C)Oc1cccc(C(C)NC(=O)N2CCC(CO)CC2)c1. The number of carbonyl (C=O) groups is 1. The first-order chi connectivity index (χ1) is 11.0. The van der Waals surface area contributed by atoms with Gasteiger partial charge >= 0.3 is 6.03 Å². The van der Waals surface area contributed by atoms with Crippen molar-refractivity contribution in [2.45, 2.75) is 45.8 Å². The van der Waals surface area contributed by atoms with Crippen molar-refractivity contribution in [3.05, 3.63) is 29.8 Å². The summed E-state index contributed by atoms with van der Waals surface area (Å²) in [5, 5.41) is 12.2. The zero-order chi connectivity index (χ0) is 16.8. The van der Waals surface area contributed by atoms with Gasteiger partial charge in [-0.2, -0.15) is 0 Å². The molecule has 0 radical (unpaired) electrons. The molecule has 1 aromatic carbocycles. The van der Waals surface area contributed by atoms with Crippen LogP contribution >= 0.6 is 0 Å². The summed E-state index contributed by atoms with van der Waals surface area (Å²) in [6.45, 7) is 7.60. The number of carbonyl (C=O) groups excluding carboxylic acids is 1. The second-order valence-electron chi connectivity index (χ2n) is 6.52. The molecule has 1 aromatic rings. The first-order valence-electron chi connectivity index (χ1n) is 8.42. The highest BCUT2D eigenvalue weighted by Crippen LogP contribution is 2.21. The number of urea groups is 1. The van der Waals surface area contributed by atoms with Crippen LogP contribution in [0, 0.1) is 5.92 Å². The zero-order valence-corrected chi connectivity index (χ0v) is 14.3. The molecule has 23 heavy (non-hydrogen) atoms. The molecular formula is C18H28N2O3. The van der Waals surface area contributed by atoms with Crippen molar-refractivity contribution in [3.63, 3.8) is 0 Å². The van der Waals surface area contributed by atoms with E-state index in [4.69, 9.17) is 9.84 Å². The van der Waals surface area contributed by atoms with Gasteiger partial charge in [0.1, 0.15) is 5.75 Å². The van der Waals surface area contributed by atoms with E-state index in [1.54, 1.807) is 0 Å². The molecule has 0 saturated carbocycles.